The van der Waals surface area contributed by atoms with Crippen LogP contribution < -0.4 is 5.32 Å². The largest absolute Gasteiger partial charge is 0.326 e. The first-order chi connectivity index (χ1) is 8.10. The van der Waals surface area contributed by atoms with Gasteiger partial charge in [-0.3, -0.25) is 4.79 Å². The summed E-state index contributed by atoms with van der Waals surface area (Å²) in [6.45, 7) is 5.71. The summed E-state index contributed by atoms with van der Waals surface area (Å²) >= 11 is 0. The van der Waals surface area contributed by atoms with E-state index in [-0.39, 0.29) is 5.91 Å². The quantitative estimate of drug-likeness (QED) is 0.781. The lowest BCUT2D eigenvalue weighted by Crippen LogP contribution is -2.08. The second kappa shape index (κ2) is 4.58. The fraction of sp³-hybridized carbons (Fsp3) is 0.267. The van der Waals surface area contributed by atoms with Crippen molar-refractivity contribution in [1.29, 1.82) is 0 Å². The zero-order valence-corrected chi connectivity index (χ0v) is 10.5. The van der Waals surface area contributed by atoms with Gasteiger partial charge >= 0.3 is 0 Å². The Balaban J connectivity index is 2.40. The monoisotopic (exact) mass is 227 g/mol. The van der Waals surface area contributed by atoms with Gasteiger partial charge < -0.3 is 5.32 Å². The Morgan fingerprint density at radius 1 is 1.41 bits per heavy atom. The van der Waals surface area contributed by atoms with Crippen molar-refractivity contribution in [2.75, 3.05) is 5.32 Å². The number of benzene rings is 1. The molecule has 17 heavy (non-hydrogen) atoms. The van der Waals surface area contributed by atoms with E-state index in [9.17, 15) is 4.79 Å². The maximum Gasteiger partial charge on any atom is 0.221 e. The highest BCUT2D eigenvalue weighted by molar-refractivity contribution is 5.89. The molecular weight excluding hydrogens is 210 g/mol. The van der Waals surface area contributed by atoms with Gasteiger partial charge in [-0.05, 0) is 54.7 Å². The van der Waals surface area contributed by atoms with Crippen LogP contribution in [0.3, 0.4) is 0 Å². The van der Waals surface area contributed by atoms with Gasteiger partial charge in [0.15, 0.2) is 0 Å². The van der Waals surface area contributed by atoms with E-state index in [1.54, 1.807) is 0 Å². The molecule has 1 aromatic carbocycles. The Morgan fingerprint density at radius 3 is 2.82 bits per heavy atom. The van der Waals surface area contributed by atoms with Crippen molar-refractivity contribution >= 4 is 17.2 Å². The van der Waals surface area contributed by atoms with Crippen molar-refractivity contribution < 1.29 is 4.79 Å². The van der Waals surface area contributed by atoms with Crippen molar-refractivity contribution in [3.63, 3.8) is 0 Å². The summed E-state index contributed by atoms with van der Waals surface area (Å²) in [4.78, 5) is 11.0. The third-order valence-electron chi connectivity index (χ3n) is 3.02. The van der Waals surface area contributed by atoms with Crippen LogP contribution in [0.2, 0.25) is 0 Å². The third kappa shape index (κ3) is 2.47. The lowest BCUT2D eigenvalue weighted by Gasteiger charge is -2.18. The molecule has 88 valence electrons. The van der Waals surface area contributed by atoms with Crippen molar-refractivity contribution in [2.24, 2.45) is 0 Å². The lowest BCUT2D eigenvalue weighted by molar-refractivity contribution is -0.114. The van der Waals surface area contributed by atoms with Gasteiger partial charge in [-0.25, -0.2) is 0 Å². The summed E-state index contributed by atoms with van der Waals surface area (Å²) in [5, 5.41) is 2.82. The van der Waals surface area contributed by atoms with Crippen LogP contribution in [0.15, 0.2) is 35.9 Å². The van der Waals surface area contributed by atoms with Crippen molar-refractivity contribution in [2.45, 2.75) is 27.2 Å². The number of carbonyl (C=O) groups excluding carboxylic acids is 1. The Morgan fingerprint density at radius 2 is 2.18 bits per heavy atom. The van der Waals surface area contributed by atoms with Crippen molar-refractivity contribution in [3.05, 3.63) is 47.1 Å². The normalized spacial score (nSPS) is 16.4. The van der Waals surface area contributed by atoms with Crippen LogP contribution in [0.5, 0.6) is 0 Å². The number of allylic oxidation sites excluding steroid dienone is 4. The molecule has 0 radical (unpaired) electrons. The van der Waals surface area contributed by atoms with E-state index in [2.05, 4.69) is 43.4 Å². The summed E-state index contributed by atoms with van der Waals surface area (Å²) < 4.78 is 0. The molecule has 2 nitrogen and oxygen atoms in total. The summed E-state index contributed by atoms with van der Waals surface area (Å²) in [6, 6.07) is 6.10. The Labute approximate surface area is 102 Å². The van der Waals surface area contributed by atoms with Gasteiger partial charge in [0.05, 0.1) is 0 Å². The van der Waals surface area contributed by atoms with Gasteiger partial charge in [0, 0.05) is 12.6 Å². The van der Waals surface area contributed by atoms with Crippen LogP contribution in [0.25, 0.3) is 5.57 Å². The topological polar surface area (TPSA) is 29.1 Å². The van der Waals surface area contributed by atoms with Crippen LogP contribution in [0.1, 0.15) is 31.9 Å². The van der Waals surface area contributed by atoms with Gasteiger partial charge in [-0.15, -0.1) is 0 Å². The van der Waals surface area contributed by atoms with E-state index in [1.165, 1.54) is 29.2 Å². The van der Waals surface area contributed by atoms with Gasteiger partial charge in [0.2, 0.25) is 5.91 Å². The molecule has 2 rings (SSSR count). The van der Waals surface area contributed by atoms with Gasteiger partial charge in [0.25, 0.3) is 0 Å². The average Bonchev–Trinajstić information content (AvgIpc) is 2.27. The van der Waals surface area contributed by atoms with E-state index >= 15 is 0 Å². The van der Waals surface area contributed by atoms with E-state index in [0.29, 0.717) is 0 Å². The molecule has 2 heteroatoms. The fourth-order valence-corrected chi connectivity index (χ4v) is 2.22. The van der Waals surface area contributed by atoms with Gasteiger partial charge in [0.1, 0.15) is 0 Å². The first-order valence-electron chi connectivity index (χ1n) is 5.84. The molecule has 0 saturated heterocycles. The molecule has 0 aromatic heterocycles. The van der Waals surface area contributed by atoms with Crippen LogP contribution in [-0.2, 0) is 11.2 Å². The molecule has 1 aliphatic rings. The predicted octanol–water partition coefficient (Wildman–Crippen LogP) is 3.55. The Hall–Kier alpha value is -1.83. The number of amides is 1. The minimum absolute atomic E-state index is 0.0284. The van der Waals surface area contributed by atoms with E-state index in [1.807, 2.05) is 6.07 Å². The molecule has 0 heterocycles. The Bertz CT molecular complexity index is 524. The predicted molar refractivity (Wildman–Crippen MR) is 71.9 cm³/mol. The molecule has 0 unspecified atom stereocenters. The standard InChI is InChI=1S/C15H17NO/c1-4-12-7-10(2)15-6-5-14(16-11(3)17)9-13(15)8-12/h4-7,9H,8H2,1-3H3,(H,16,17)/b12-4-. The highest BCUT2D eigenvalue weighted by Crippen LogP contribution is 2.30. The first kappa shape index (κ1) is 11.6. The zero-order chi connectivity index (χ0) is 12.4. The van der Waals surface area contributed by atoms with Crippen LogP contribution in [0, 0.1) is 0 Å². The van der Waals surface area contributed by atoms with Crippen molar-refractivity contribution in [3.8, 4) is 0 Å². The smallest absolute Gasteiger partial charge is 0.221 e. The minimum Gasteiger partial charge on any atom is -0.326 e. The molecule has 1 aliphatic carbocycles. The summed E-state index contributed by atoms with van der Waals surface area (Å²) in [6.07, 6.45) is 5.30. The molecule has 1 aromatic rings. The minimum atomic E-state index is -0.0284. The second-order valence-electron chi connectivity index (χ2n) is 4.42. The molecule has 0 saturated carbocycles. The molecule has 1 amide bonds. The number of fused-ring (bicyclic) bond motifs is 1. The second-order valence-corrected chi connectivity index (χ2v) is 4.42. The molecule has 1 N–H and O–H groups in total. The fourth-order valence-electron chi connectivity index (χ4n) is 2.22. The molecular formula is C15H17NO. The third-order valence-corrected chi connectivity index (χ3v) is 3.02. The first-order valence-corrected chi connectivity index (χ1v) is 5.84. The average molecular weight is 227 g/mol. The SMILES string of the molecule is C/C=C1/C=C(C)c2ccc(NC(C)=O)cc2C1. The van der Waals surface area contributed by atoms with E-state index < -0.39 is 0 Å². The maximum atomic E-state index is 11.0. The number of anilines is 1. The molecule has 0 aliphatic heterocycles. The molecule has 0 spiro atoms. The Kier molecular flexibility index (Phi) is 3.14. The van der Waals surface area contributed by atoms with E-state index in [4.69, 9.17) is 0 Å². The van der Waals surface area contributed by atoms with E-state index in [0.717, 1.165) is 12.1 Å². The van der Waals surface area contributed by atoms with Gasteiger partial charge in [-0.2, -0.15) is 0 Å². The maximum absolute atomic E-state index is 11.0. The summed E-state index contributed by atoms with van der Waals surface area (Å²) in [5.74, 6) is -0.0284. The lowest BCUT2D eigenvalue weighted by atomic mass is 9.88. The number of carbonyl (C=O) groups is 1. The number of hydrogen-bond acceptors (Lipinski definition) is 1. The number of rotatable bonds is 1. The van der Waals surface area contributed by atoms with Crippen LogP contribution >= 0.6 is 0 Å². The molecule has 0 bridgehead atoms. The number of hydrogen-bond donors (Lipinski definition) is 1. The zero-order valence-electron chi connectivity index (χ0n) is 10.5. The molecule has 0 atom stereocenters. The van der Waals surface area contributed by atoms with Crippen LogP contribution in [0.4, 0.5) is 5.69 Å². The van der Waals surface area contributed by atoms with Crippen LogP contribution in [-0.4, -0.2) is 5.91 Å². The summed E-state index contributed by atoms with van der Waals surface area (Å²) in [5.41, 5.74) is 6.05. The number of nitrogens with one attached hydrogen (secondary N) is 1. The molecule has 0 fully saturated rings. The summed E-state index contributed by atoms with van der Waals surface area (Å²) in [7, 11) is 0. The highest BCUT2D eigenvalue weighted by atomic mass is 16.1. The van der Waals surface area contributed by atoms with Crippen molar-refractivity contribution in [1.82, 2.24) is 0 Å². The highest BCUT2D eigenvalue weighted by Gasteiger charge is 2.12. The van der Waals surface area contributed by atoms with Gasteiger partial charge in [-0.1, -0.05) is 18.2 Å².